The molecule has 0 N–H and O–H groups in total. The highest BCUT2D eigenvalue weighted by atomic mass is 16.5. The molecule has 0 amide bonds. The Morgan fingerprint density at radius 3 is 2.83 bits per heavy atom. The van der Waals surface area contributed by atoms with Gasteiger partial charge >= 0.3 is 0 Å². The van der Waals surface area contributed by atoms with E-state index in [9.17, 15) is 0 Å². The number of rotatable bonds is 5. The van der Waals surface area contributed by atoms with E-state index in [0.29, 0.717) is 12.5 Å². The van der Waals surface area contributed by atoms with Crippen molar-refractivity contribution in [2.45, 2.75) is 19.9 Å². The van der Waals surface area contributed by atoms with Crippen LogP contribution in [0.2, 0.25) is 0 Å². The fraction of sp³-hybridized carbons (Fsp3) is 0.562. The summed E-state index contributed by atoms with van der Waals surface area (Å²) in [5.41, 5.74) is 1.24. The first-order valence-corrected chi connectivity index (χ1v) is 8.16. The van der Waals surface area contributed by atoms with E-state index in [0.717, 1.165) is 45.1 Å². The SMILES string of the molecule is CCOc1ccnc(N2CCCN(Cc3ccnn3C)CC2)n1. The molecule has 0 unspecified atom stereocenters. The van der Waals surface area contributed by atoms with Gasteiger partial charge in [-0.05, 0) is 19.4 Å². The van der Waals surface area contributed by atoms with Crippen molar-refractivity contribution in [2.24, 2.45) is 7.05 Å². The average molecular weight is 316 g/mol. The maximum absolute atomic E-state index is 5.48. The molecule has 1 aliphatic heterocycles. The third-order valence-corrected chi connectivity index (χ3v) is 4.09. The van der Waals surface area contributed by atoms with Gasteiger partial charge in [-0.3, -0.25) is 9.58 Å². The molecule has 1 aliphatic rings. The number of hydrogen-bond acceptors (Lipinski definition) is 6. The van der Waals surface area contributed by atoms with Crippen LogP contribution in [0, 0.1) is 0 Å². The maximum atomic E-state index is 5.48. The van der Waals surface area contributed by atoms with Crippen molar-refractivity contribution >= 4 is 5.95 Å². The quantitative estimate of drug-likeness (QED) is 0.829. The minimum atomic E-state index is 0.620. The molecule has 1 fully saturated rings. The molecule has 0 bridgehead atoms. The van der Waals surface area contributed by atoms with Crippen LogP contribution < -0.4 is 9.64 Å². The number of nitrogens with zero attached hydrogens (tertiary/aromatic N) is 6. The number of hydrogen-bond donors (Lipinski definition) is 0. The molecule has 2 aromatic rings. The van der Waals surface area contributed by atoms with Crippen LogP contribution in [-0.4, -0.2) is 57.4 Å². The molecule has 3 heterocycles. The zero-order valence-corrected chi connectivity index (χ0v) is 13.9. The smallest absolute Gasteiger partial charge is 0.228 e. The van der Waals surface area contributed by atoms with E-state index in [-0.39, 0.29) is 0 Å². The second-order valence-electron chi connectivity index (χ2n) is 5.69. The molecule has 23 heavy (non-hydrogen) atoms. The van der Waals surface area contributed by atoms with Gasteiger partial charge in [-0.1, -0.05) is 0 Å². The van der Waals surface area contributed by atoms with Crippen LogP contribution in [0.15, 0.2) is 24.5 Å². The first-order chi connectivity index (χ1) is 11.3. The van der Waals surface area contributed by atoms with E-state index in [1.807, 2.05) is 24.9 Å². The van der Waals surface area contributed by atoms with Gasteiger partial charge in [-0.25, -0.2) is 4.98 Å². The number of aromatic nitrogens is 4. The van der Waals surface area contributed by atoms with Gasteiger partial charge in [0.1, 0.15) is 0 Å². The molecule has 3 rings (SSSR count). The molecule has 2 aromatic heterocycles. The largest absolute Gasteiger partial charge is 0.478 e. The van der Waals surface area contributed by atoms with Crippen molar-refractivity contribution in [1.82, 2.24) is 24.6 Å². The third-order valence-electron chi connectivity index (χ3n) is 4.09. The molecule has 0 aliphatic carbocycles. The van der Waals surface area contributed by atoms with E-state index < -0.39 is 0 Å². The van der Waals surface area contributed by atoms with E-state index in [2.05, 4.69) is 30.9 Å². The minimum Gasteiger partial charge on any atom is -0.478 e. The summed E-state index contributed by atoms with van der Waals surface area (Å²) in [6.45, 7) is 7.48. The summed E-state index contributed by atoms with van der Waals surface area (Å²) in [6, 6.07) is 3.89. The Morgan fingerprint density at radius 2 is 2.04 bits per heavy atom. The Morgan fingerprint density at radius 1 is 1.13 bits per heavy atom. The van der Waals surface area contributed by atoms with E-state index >= 15 is 0 Å². The molecular formula is C16H24N6O. The molecular weight excluding hydrogens is 292 g/mol. The maximum Gasteiger partial charge on any atom is 0.228 e. The predicted octanol–water partition coefficient (Wildman–Crippen LogP) is 1.32. The fourth-order valence-corrected chi connectivity index (χ4v) is 2.83. The number of anilines is 1. The lowest BCUT2D eigenvalue weighted by atomic mass is 10.3. The highest BCUT2D eigenvalue weighted by Gasteiger charge is 2.18. The lowest BCUT2D eigenvalue weighted by Gasteiger charge is -2.22. The zero-order valence-electron chi connectivity index (χ0n) is 13.9. The topological polar surface area (TPSA) is 59.3 Å². The Kier molecular flexibility index (Phi) is 5.07. The number of aryl methyl sites for hydroxylation is 1. The number of ether oxygens (including phenoxy) is 1. The Bertz CT molecular complexity index is 629. The van der Waals surface area contributed by atoms with Crippen LogP contribution in [0.5, 0.6) is 5.88 Å². The normalized spacial score (nSPS) is 16.3. The van der Waals surface area contributed by atoms with E-state index in [1.165, 1.54) is 5.69 Å². The van der Waals surface area contributed by atoms with Crippen molar-refractivity contribution in [2.75, 3.05) is 37.7 Å². The van der Waals surface area contributed by atoms with Crippen LogP contribution in [-0.2, 0) is 13.6 Å². The van der Waals surface area contributed by atoms with Gasteiger partial charge in [0.05, 0.1) is 12.3 Å². The summed E-state index contributed by atoms with van der Waals surface area (Å²) in [5.74, 6) is 1.41. The van der Waals surface area contributed by atoms with Crippen LogP contribution in [0.3, 0.4) is 0 Å². The highest BCUT2D eigenvalue weighted by Crippen LogP contribution is 2.16. The van der Waals surface area contributed by atoms with E-state index in [1.54, 1.807) is 12.3 Å². The van der Waals surface area contributed by atoms with Crippen LogP contribution in [0.4, 0.5) is 5.95 Å². The van der Waals surface area contributed by atoms with Gasteiger partial charge in [-0.2, -0.15) is 10.1 Å². The minimum absolute atomic E-state index is 0.620. The lowest BCUT2D eigenvalue weighted by Crippen LogP contribution is -2.31. The fourth-order valence-electron chi connectivity index (χ4n) is 2.83. The summed E-state index contributed by atoms with van der Waals surface area (Å²) in [6.07, 6.45) is 4.72. The van der Waals surface area contributed by atoms with Gasteiger partial charge in [0.15, 0.2) is 0 Å². The second kappa shape index (κ2) is 7.41. The third kappa shape index (κ3) is 3.98. The Balaban J connectivity index is 1.62. The molecule has 0 aromatic carbocycles. The van der Waals surface area contributed by atoms with Gasteiger partial charge in [0.25, 0.3) is 0 Å². The standard InChI is InChI=1S/C16H24N6O/c1-3-23-15-6-7-17-16(19-15)22-10-4-9-21(11-12-22)13-14-5-8-18-20(14)2/h5-8H,3-4,9-13H2,1-2H3. The van der Waals surface area contributed by atoms with Gasteiger partial charge in [0.2, 0.25) is 11.8 Å². The molecule has 0 atom stereocenters. The van der Waals surface area contributed by atoms with E-state index in [4.69, 9.17) is 4.74 Å². The van der Waals surface area contributed by atoms with Crippen molar-refractivity contribution < 1.29 is 4.74 Å². The zero-order chi connectivity index (χ0) is 16.1. The van der Waals surface area contributed by atoms with Crippen molar-refractivity contribution in [3.8, 4) is 5.88 Å². The molecule has 0 saturated carbocycles. The van der Waals surface area contributed by atoms with Crippen LogP contribution in [0.1, 0.15) is 19.0 Å². The second-order valence-corrected chi connectivity index (χ2v) is 5.69. The predicted molar refractivity (Wildman–Crippen MR) is 88.5 cm³/mol. The molecule has 1 saturated heterocycles. The first-order valence-electron chi connectivity index (χ1n) is 8.16. The summed E-state index contributed by atoms with van der Waals surface area (Å²) in [4.78, 5) is 13.6. The summed E-state index contributed by atoms with van der Waals surface area (Å²) in [7, 11) is 1.99. The van der Waals surface area contributed by atoms with Gasteiger partial charge in [-0.15, -0.1) is 0 Å². The monoisotopic (exact) mass is 316 g/mol. The van der Waals surface area contributed by atoms with Crippen LogP contribution >= 0.6 is 0 Å². The summed E-state index contributed by atoms with van der Waals surface area (Å²) < 4.78 is 7.42. The van der Waals surface area contributed by atoms with Gasteiger partial charge < -0.3 is 9.64 Å². The summed E-state index contributed by atoms with van der Waals surface area (Å²) >= 11 is 0. The molecule has 0 radical (unpaired) electrons. The molecule has 124 valence electrons. The van der Waals surface area contributed by atoms with Gasteiger partial charge in [0, 0.05) is 58.2 Å². The lowest BCUT2D eigenvalue weighted by molar-refractivity contribution is 0.277. The van der Waals surface area contributed by atoms with Crippen molar-refractivity contribution in [1.29, 1.82) is 0 Å². The van der Waals surface area contributed by atoms with Crippen molar-refractivity contribution in [3.63, 3.8) is 0 Å². The Labute approximate surface area is 136 Å². The molecule has 0 spiro atoms. The molecule has 7 nitrogen and oxygen atoms in total. The first kappa shape index (κ1) is 15.7. The average Bonchev–Trinajstić information content (AvgIpc) is 2.82. The molecule has 7 heteroatoms. The van der Waals surface area contributed by atoms with Crippen molar-refractivity contribution in [3.05, 3.63) is 30.2 Å². The highest BCUT2D eigenvalue weighted by molar-refractivity contribution is 5.32. The Hall–Kier alpha value is -2.15. The summed E-state index contributed by atoms with van der Waals surface area (Å²) in [5, 5.41) is 4.24. The van der Waals surface area contributed by atoms with Crippen LogP contribution in [0.25, 0.3) is 0 Å².